The summed E-state index contributed by atoms with van der Waals surface area (Å²) in [4.78, 5) is 28.3. The van der Waals surface area contributed by atoms with E-state index >= 15 is 0 Å². The van der Waals surface area contributed by atoms with E-state index in [1.807, 2.05) is 6.92 Å². The highest BCUT2D eigenvalue weighted by Gasteiger charge is 2.22. The van der Waals surface area contributed by atoms with E-state index in [2.05, 4.69) is 11.9 Å². The molecule has 40 heavy (non-hydrogen) atoms. The van der Waals surface area contributed by atoms with E-state index in [9.17, 15) is 19.8 Å². The van der Waals surface area contributed by atoms with Crippen LogP contribution in [0.5, 0.6) is 28.7 Å². The number of fused-ring (bicyclic) bond motifs is 1. The zero-order valence-electron chi connectivity index (χ0n) is 22.6. The molecule has 1 aromatic heterocycles. The molecule has 1 aliphatic heterocycles. The lowest BCUT2D eigenvalue weighted by molar-refractivity contribution is -0.139. The Morgan fingerprint density at radius 1 is 1.07 bits per heavy atom. The second kappa shape index (κ2) is 12.9. The molecule has 11 nitrogen and oxygen atoms in total. The summed E-state index contributed by atoms with van der Waals surface area (Å²) in [6.07, 6.45) is 5.59. The molecule has 0 atom stereocenters. The Bertz CT molecular complexity index is 1410. The van der Waals surface area contributed by atoms with Gasteiger partial charge in [0.15, 0.2) is 18.1 Å². The lowest BCUT2D eigenvalue weighted by Gasteiger charge is -2.17. The first-order valence-electron chi connectivity index (χ1n) is 12.9. The van der Waals surface area contributed by atoms with Crippen molar-refractivity contribution >= 4 is 18.0 Å². The van der Waals surface area contributed by atoms with Crippen LogP contribution in [0.15, 0.2) is 42.1 Å². The van der Waals surface area contributed by atoms with Gasteiger partial charge < -0.3 is 33.9 Å². The highest BCUT2D eigenvalue weighted by molar-refractivity contribution is 5.92. The molecule has 0 saturated heterocycles. The van der Waals surface area contributed by atoms with Gasteiger partial charge in [0.1, 0.15) is 23.1 Å². The van der Waals surface area contributed by atoms with Gasteiger partial charge in [-0.05, 0) is 37.6 Å². The minimum Gasteiger partial charge on any atom is -0.497 e. The second-order valence-corrected chi connectivity index (χ2v) is 8.95. The number of carboxylic acids is 2. The Labute approximate surface area is 231 Å². The van der Waals surface area contributed by atoms with Crippen LogP contribution in [0.1, 0.15) is 43.8 Å². The number of hydrogen-bond acceptors (Lipinski definition) is 8. The standard InChI is InChI=1S/C29H32N2O9/c1-4-6-7-27-30-15-20(31(27)22-9-8-21(36-3)13-24(22)38-16-28(32)33)11-19(29(34)35)10-18-12-25-26(40-17-39-25)14-23(18)37-5-2/h8-9,11-15H,4-7,10,16-17H2,1-3H3,(H,32,33)(H,34,35). The van der Waals surface area contributed by atoms with Gasteiger partial charge in [0, 0.05) is 36.1 Å². The largest absolute Gasteiger partial charge is 0.497 e. The SMILES string of the molecule is CCCCc1ncc(C=C(Cc2cc3c(cc2OCC)OCO3)C(=O)O)n1-c1ccc(OC)cc1OCC(=O)O. The van der Waals surface area contributed by atoms with Crippen LogP contribution in [0.25, 0.3) is 11.8 Å². The van der Waals surface area contributed by atoms with Crippen molar-refractivity contribution in [3.05, 3.63) is 59.2 Å². The predicted octanol–water partition coefficient (Wildman–Crippen LogP) is 4.53. The molecule has 2 heterocycles. The molecule has 0 spiro atoms. The number of imidazole rings is 1. The number of aryl methyl sites for hydroxylation is 1. The fourth-order valence-electron chi connectivity index (χ4n) is 4.32. The van der Waals surface area contributed by atoms with Crippen molar-refractivity contribution in [1.82, 2.24) is 9.55 Å². The number of methoxy groups -OCH3 is 1. The summed E-state index contributed by atoms with van der Waals surface area (Å²) < 4.78 is 29.4. The van der Waals surface area contributed by atoms with Crippen LogP contribution in [-0.2, 0) is 22.4 Å². The van der Waals surface area contributed by atoms with Gasteiger partial charge in [0.25, 0.3) is 0 Å². The Hall–Kier alpha value is -4.67. The van der Waals surface area contributed by atoms with Crippen LogP contribution in [0, 0.1) is 0 Å². The summed E-state index contributed by atoms with van der Waals surface area (Å²) in [5, 5.41) is 19.4. The van der Waals surface area contributed by atoms with E-state index in [0.717, 1.165) is 12.8 Å². The maximum absolute atomic E-state index is 12.5. The molecule has 2 aromatic carbocycles. The van der Waals surface area contributed by atoms with Gasteiger partial charge in [-0.1, -0.05) is 13.3 Å². The molecule has 3 aromatic rings. The molecule has 11 heteroatoms. The first-order chi connectivity index (χ1) is 19.3. The third-order valence-corrected chi connectivity index (χ3v) is 6.21. The molecule has 0 unspecified atom stereocenters. The van der Waals surface area contributed by atoms with Crippen LogP contribution in [0.4, 0.5) is 0 Å². The third-order valence-electron chi connectivity index (χ3n) is 6.21. The van der Waals surface area contributed by atoms with Crippen LogP contribution >= 0.6 is 0 Å². The molecule has 0 bridgehead atoms. The summed E-state index contributed by atoms with van der Waals surface area (Å²) in [5.74, 6) is 0.755. The van der Waals surface area contributed by atoms with Crippen LogP contribution in [-0.4, -0.2) is 58.8 Å². The average molecular weight is 553 g/mol. The number of carboxylic acid groups (broad SMARTS) is 2. The zero-order valence-corrected chi connectivity index (χ0v) is 22.6. The summed E-state index contributed by atoms with van der Waals surface area (Å²) in [6, 6.07) is 8.48. The highest BCUT2D eigenvalue weighted by atomic mass is 16.7. The van der Waals surface area contributed by atoms with E-state index in [-0.39, 0.29) is 24.5 Å². The van der Waals surface area contributed by atoms with Gasteiger partial charge in [-0.25, -0.2) is 14.6 Å². The van der Waals surface area contributed by atoms with Crippen molar-refractivity contribution < 1.29 is 43.5 Å². The van der Waals surface area contributed by atoms with E-state index < -0.39 is 18.5 Å². The molecular weight excluding hydrogens is 520 g/mol. The minimum absolute atomic E-state index is 0.0434. The number of aliphatic carboxylic acids is 2. The quantitative estimate of drug-likeness (QED) is 0.274. The molecule has 0 fully saturated rings. The number of rotatable bonds is 14. The summed E-state index contributed by atoms with van der Waals surface area (Å²) in [6.45, 7) is 3.82. The molecule has 0 saturated carbocycles. The summed E-state index contributed by atoms with van der Waals surface area (Å²) >= 11 is 0. The number of carbonyl (C=O) groups is 2. The van der Waals surface area contributed by atoms with Crippen molar-refractivity contribution in [1.29, 1.82) is 0 Å². The van der Waals surface area contributed by atoms with Crippen LogP contribution < -0.4 is 23.7 Å². The first kappa shape index (κ1) is 28.3. The van der Waals surface area contributed by atoms with Crippen molar-refractivity contribution in [2.75, 3.05) is 27.1 Å². The van der Waals surface area contributed by atoms with E-state index in [1.165, 1.54) is 7.11 Å². The highest BCUT2D eigenvalue weighted by Crippen LogP contribution is 2.39. The Kier molecular flexibility index (Phi) is 9.15. The smallest absolute Gasteiger partial charge is 0.341 e. The van der Waals surface area contributed by atoms with Gasteiger partial charge in [0.05, 0.1) is 31.3 Å². The Balaban J connectivity index is 1.81. The topological polar surface area (TPSA) is 139 Å². The first-order valence-corrected chi connectivity index (χ1v) is 12.9. The molecule has 212 valence electrons. The molecule has 4 rings (SSSR count). The maximum Gasteiger partial charge on any atom is 0.341 e. The number of unbranched alkanes of at least 4 members (excludes halogenated alkanes) is 1. The van der Waals surface area contributed by atoms with Crippen molar-refractivity contribution in [3.63, 3.8) is 0 Å². The number of benzene rings is 2. The van der Waals surface area contributed by atoms with Crippen LogP contribution in [0.3, 0.4) is 0 Å². The normalized spacial score (nSPS) is 12.3. The molecule has 0 radical (unpaired) electrons. The summed E-state index contributed by atoms with van der Waals surface area (Å²) in [5.41, 5.74) is 1.73. The second-order valence-electron chi connectivity index (χ2n) is 8.95. The lowest BCUT2D eigenvalue weighted by atomic mass is 10.0. The van der Waals surface area contributed by atoms with E-state index in [4.69, 9.17) is 23.7 Å². The van der Waals surface area contributed by atoms with Crippen molar-refractivity contribution in [2.45, 2.75) is 39.5 Å². The molecule has 1 aliphatic rings. The van der Waals surface area contributed by atoms with Gasteiger partial charge in [-0.15, -0.1) is 0 Å². The van der Waals surface area contributed by atoms with Gasteiger partial charge in [-0.2, -0.15) is 0 Å². The Morgan fingerprint density at radius 3 is 2.52 bits per heavy atom. The van der Waals surface area contributed by atoms with E-state index in [1.54, 1.807) is 47.2 Å². The Morgan fingerprint density at radius 2 is 1.85 bits per heavy atom. The lowest BCUT2D eigenvalue weighted by Crippen LogP contribution is -2.13. The van der Waals surface area contributed by atoms with Crippen molar-refractivity contribution in [3.8, 4) is 34.4 Å². The van der Waals surface area contributed by atoms with Gasteiger partial charge >= 0.3 is 11.9 Å². The monoisotopic (exact) mass is 552 g/mol. The number of aromatic nitrogens is 2. The van der Waals surface area contributed by atoms with Gasteiger partial charge in [-0.3, -0.25) is 4.57 Å². The minimum atomic E-state index is -1.13. The molecular formula is C29H32N2O9. The number of hydrogen-bond donors (Lipinski definition) is 2. The molecule has 0 amide bonds. The van der Waals surface area contributed by atoms with E-state index in [0.29, 0.717) is 58.8 Å². The predicted molar refractivity (Wildman–Crippen MR) is 145 cm³/mol. The fraction of sp³-hybridized carbons (Fsp3) is 0.345. The third kappa shape index (κ3) is 6.48. The average Bonchev–Trinajstić information content (AvgIpc) is 3.56. The van der Waals surface area contributed by atoms with Crippen LogP contribution in [0.2, 0.25) is 0 Å². The molecule has 0 aliphatic carbocycles. The number of nitrogens with zero attached hydrogens (tertiary/aromatic N) is 2. The fourth-order valence-corrected chi connectivity index (χ4v) is 4.32. The van der Waals surface area contributed by atoms with Gasteiger partial charge in [0.2, 0.25) is 6.79 Å². The zero-order chi connectivity index (χ0) is 28.6. The summed E-state index contributed by atoms with van der Waals surface area (Å²) in [7, 11) is 1.50. The maximum atomic E-state index is 12.5. The van der Waals surface area contributed by atoms with Crippen molar-refractivity contribution in [2.24, 2.45) is 0 Å². The molecule has 2 N–H and O–H groups in total. The number of ether oxygens (including phenoxy) is 5.